The Labute approximate surface area is 474 Å². The molecule has 0 radical (unpaired) electrons. The number of aliphatic hydroxyl groups is 2. The standard InChI is InChI=1S/C70H133NO5/c1-3-5-7-9-11-13-15-16-17-18-19-27-30-33-36-39-43-46-50-54-58-62-68(73)67(66-72)71-69(74)63-59-55-51-47-44-40-37-34-31-28-25-23-21-20-22-24-26-29-32-35-38-41-45-49-53-57-61-65-76-70(75)64-60-56-52-48-42-14-12-10-8-6-4-2/h20-21,24,26,58,62,67-68,72-73H,3-19,22-23,25,27-57,59-61,63-66H2,1-2H3,(H,71,74)/b21-20-,26-24-,62-58+. The van der Waals surface area contributed by atoms with Crippen molar-refractivity contribution < 1.29 is 24.5 Å². The van der Waals surface area contributed by atoms with Crippen molar-refractivity contribution in [2.45, 2.75) is 386 Å². The Morgan fingerprint density at radius 3 is 1.00 bits per heavy atom. The van der Waals surface area contributed by atoms with Crippen molar-refractivity contribution >= 4 is 11.9 Å². The van der Waals surface area contributed by atoms with E-state index in [1.54, 1.807) is 6.08 Å². The third-order valence-corrected chi connectivity index (χ3v) is 15.9. The van der Waals surface area contributed by atoms with E-state index in [0.29, 0.717) is 19.4 Å². The van der Waals surface area contributed by atoms with Crippen LogP contribution in [0.25, 0.3) is 0 Å². The summed E-state index contributed by atoms with van der Waals surface area (Å²) < 4.78 is 5.47. The molecule has 0 heterocycles. The number of esters is 1. The van der Waals surface area contributed by atoms with Crippen molar-refractivity contribution in [3.05, 3.63) is 36.5 Å². The number of unbranched alkanes of at least 4 members (excludes halogenated alkanes) is 49. The number of hydrogen-bond donors (Lipinski definition) is 3. The number of aliphatic hydroxyl groups excluding tert-OH is 2. The predicted octanol–water partition coefficient (Wildman–Crippen LogP) is 21.9. The van der Waals surface area contributed by atoms with E-state index < -0.39 is 12.1 Å². The van der Waals surface area contributed by atoms with Crippen molar-refractivity contribution in [3.63, 3.8) is 0 Å². The van der Waals surface area contributed by atoms with Crippen molar-refractivity contribution in [2.24, 2.45) is 0 Å². The second kappa shape index (κ2) is 65.6. The molecule has 0 aromatic rings. The van der Waals surface area contributed by atoms with Crippen LogP contribution in [0, 0.1) is 0 Å². The molecule has 1 amide bonds. The first kappa shape index (κ1) is 74.1. The molecule has 2 atom stereocenters. The fourth-order valence-corrected chi connectivity index (χ4v) is 10.7. The Kier molecular flexibility index (Phi) is 63.9. The minimum Gasteiger partial charge on any atom is -0.466 e. The predicted molar refractivity (Wildman–Crippen MR) is 333 cm³/mol. The van der Waals surface area contributed by atoms with Crippen molar-refractivity contribution in [1.29, 1.82) is 0 Å². The zero-order valence-corrected chi connectivity index (χ0v) is 51.3. The van der Waals surface area contributed by atoms with Gasteiger partial charge in [0.2, 0.25) is 5.91 Å². The van der Waals surface area contributed by atoms with Crippen LogP contribution in [0.5, 0.6) is 0 Å². The molecule has 6 nitrogen and oxygen atoms in total. The maximum atomic E-state index is 12.5. The second-order valence-electron chi connectivity index (χ2n) is 23.5. The third-order valence-electron chi connectivity index (χ3n) is 15.9. The lowest BCUT2D eigenvalue weighted by Gasteiger charge is -2.20. The van der Waals surface area contributed by atoms with Crippen LogP contribution in [-0.4, -0.2) is 47.4 Å². The van der Waals surface area contributed by atoms with Crippen LogP contribution in [0.15, 0.2) is 36.5 Å². The highest BCUT2D eigenvalue weighted by atomic mass is 16.5. The quantitative estimate of drug-likeness (QED) is 0.0320. The van der Waals surface area contributed by atoms with Crippen LogP contribution in [0.1, 0.15) is 373 Å². The smallest absolute Gasteiger partial charge is 0.305 e. The monoisotopic (exact) mass is 1070 g/mol. The molecule has 0 aliphatic rings. The van der Waals surface area contributed by atoms with Gasteiger partial charge in [0.25, 0.3) is 0 Å². The van der Waals surface area contributed by atoms with Crippen molar-refractivity contribution in [3.8, 4) is 0 Å². The molecule has 0 spiro atoms. The van der Waals surface area contributed by atoms with E-state index in [1.807, 2.05) is 6.08 Å². The van der Waals surface area contributed by atoms with E-state index >= 15 is 0 Å². The Morgan fingerprint density at radius 1 is 0.368 bits per heavy atom. The summed E-state index contributed by atoms with van der Waals surface area (Å²) in [5.41, 5.74) is 0. The number of rotatable bonds is 64. The molecule has 76 heavy (non-hydrogen) atoms. The molecule has 0 saturated heterocycles. The van der Waals surface area contributed by atoms with E-state index in [-0.39, 0.29) is 18.5 Å². The summed E-state index contributed by atoms with van der Waals surface area (Å²) in [5, 5.41) is 23.2. The SMILES string of the molecule is CCCCCCCCCCCCCCCCCCCCC/C=C/C(O)C(CO)NC(=O)CCCCCCCCCCCCC/C=C\C/C=C\CCCCCCCCCCCOC(=O)CCCCCCCCCCCCC. The van der Waals surface area contributed by atoms with E-state index in [2.05, 4.69) is 43.5 Å². The van der Waals surface area contributed by atoms with Crippen LogP contribution in [-0.2, 0) is 14.3 Å². The van der Waals surface area contributed by atoms with Crippen LogP contribution in [0.4, 0.5) is 0 Å². The minimum absolute atomic E-state index is 0.0102. The van der Waals surface area contributed by atoms with Gasteiger partial charge in [0.1, 0.15) is 0 Å². The highest BCUT2D eigenvalue weighted by Crippen LogP contribution is 2.18. The molecule has 3 N–H and O–H groups in total. The Bertz CT molecular complexity index is 1230. The fraction of sp³-hybridized carbons (Fsp3) is 0.886. The van der Waals surface area contributed by atoms with E-state index in [4.69, 9.17) is 4.74 Å². The largest absolute Gasteiger partial charge is 0.466 e. The summed E-state index contributed by atoms with van der Waals surface area (Å²) in [6.45, 7) is 4.93. The van der Waals surface area contributed by atoms with Gasteiger partial charge in [0.15, 0.2) is 0 Å². The molecule has 0 saturated carbocycles. The average molecular weight is 1070 g/mol. The van der Waals surface area contributed by atoms with Gasteiger partial charge < -0.3 is 20.3 Å². The zero-order chi connectivity index (χ0) is 55.0. The van der Waals surface area contributed by atoms with Crippen molar-refractivity contribution in [2.75, 3.05) is 13.2 Å². The van der Waals surface area contributed by atoms with Gasteiger partial charge >= 0.3 is 5.97 Å². The number of ether oxygens (including phenoxy) is 1. The molecule has 6 heteroatoms. The molecule has 448 valence electrons. The second-order valence-corrected chi connectivity index (χ2v) is 23.5. The summed E-state index contributed by atoms with van der Waals surface area (Å²) >= 11 is 0. The normalized spacial score (nSPS) is 12.7. The molecule has 0 aromatic carbocycles. The molecule has 0 aromatic heterocycles. The van der Waals surface area contributed by atoms with Crippen molar-refractivity contribution in [1.82, 2.24) is 5.32 Å². The summed E-state index contributed by atoms with van der Waals surface area (Å²) in [6, 6.07) is -0.631. The molecule has 0 aliphatic heterocycles. The maximum Gasteiger partial charge on any atom is 0.305 e. The molecule has 0 aliphatic carbocycles. The van der Waals surface area contributed by atoms with Gasteiger partial charge in [0, 0.05) is 12.8 Å². The molecule has 0 fully saturated rings. The van der Waals surface area contributed by atoms with Gasteiger partial charge in [-0.2, -0.15) is 0 Å². The van der Waals surface area contributed by atoms with Crippen LogP contribution < -0.4 is 5.32 Å². The highest BCUT2D eigenvalue weighted by Gasteiger charge is 2.18. The van der Waals surface area contributed by atoms with Crippen LogP contribution in [0.2, 0.25) is 0 Å². The summed E-state index contributed by atoms with van der Waals surface area (Å²) in [4.78, 5) is 24.5. The van der Waals surface area contributed by atoms with Gasteiger partial charge in [0.05, 0.1) is 25.4 Å². The third kappa shape index (κ3) is 61.3. The molecule has 0 bridgehead atoms. The first-order chi connectivity index (χ1) is 37.5. The number of nitrogens with one attached hydrogen (secondary N) is 1. The number of hydrogen-bond acceptors (Lipinski definition) is 5. The lowest BCUT2D eigenvalue weighted by molar-refractivity contribution is -0.143. The van der Waals surface area contributed by atoms with Gasteiger partial charge in [-0.3, -0.25) is 9.59 Å². The van der Waals surface area contributed by atoms with E-state index in [1.165, 1.54) is 302 Å². The first-order valence-corrected chi connectivity index (χ1v) is 34.3. The fourth-order valence-electron chi connectivity index (χ4n) is 10.7. The highest BCUT2D eigenvalue weighted by molar-refractivity contribution is 5.76. The molecular formula is C70H133NO5. The lowest BCUT2D eigenvalue weighted by Crippen LogP contribution is -2.45. The van der Waals surface area contributed by atoms with Gasteiger partial charge in [-0.15, -0.1) is 0 Å². The average Bonchev–Trinajstić information content (AvgIpc) is 3.42. The topological polar surface area (TPSA) is 95.9 Å². The Hall–Kier alpha value is -1.92. The summed E-state index contributed by atoms with van der Waals surface area (Å²) in [6.07, 6.45) is 83.5. The summed E-state index contributed by atoms with van der Waals surface area (Å²) in [5.74, 6) is -0.0576. The Morgan fingerprint density at radius 2 is 0.658 bits per heavy atom. The van der Waals surface area contributed by atoms with Gasteiger partial charge in [-0.25, -0.2) is 0 Å². The van der Waals surface area contributed by atoms with E-state index in [0.717, 1.165) is 44.9 Å². The number of allylic oxidation sites excluding steroid dienone is 5. The van der Waals surface area contributed by atoms with E-state index in [9.17, 15) is 19.8 Å². The minimum atomic E-state index is -0.848. The lowest BCUT2D eigenvalue weighted by atomic mass is 10.0. The molecular weight excluding hydrogens is 935 g/mol. The first-order valence-electron chi connectivity index (χ1n) is 34.3. The van der Waals surface area contributed by atoms with Gasteiger partial charge in [-0.05, 0) is 64.2 Å². The zero-order valence-electron chi connectivity index (χ0n) is 51.3. The number of carbonyl (C=O) groups is 2. The number of amides is 1. The molecule has 2 unspecified atom stereocenters. The Balaban J connectivity index is 3.45. The summed E-state index contributed by atoms with van der Waals surface area (Å²) in [7, 11) is 0. The van der Waals surface area contributed by atoms with Gasteiger partial charge in [-0.1, -0.05) is 333 Å². The molecule has 0 rings (SSSR count). The van der Waals surface area contributed by atoms with Crippen LogP contribution in [0.3, 0.4) is 0 Å². The maximum absolute atomic E-state index is 12.5. The van der Waals surface area contributed by atoms with Crippen LogP contribution >= 0.6 is 0 Å². The number of carbonyl (C=O) groups excluding carboxylic acids is 2.